The second kappa shape index (κ2) is 7.41. The predicted molar refractivity (Wildman–Crippen MR) is 104 cm³/mol. The number of carbonyl (C=O) groups excluding carboxylic acids is 1. The zero-order valence-corrected chi connectivity index (χ0v) is 15.0. The fraction of sp³-hybridized carbons (Fsp3) is 0.136. The molecule has 1 aliphatic heterocycles. The number of ether oxygens (including phenoxy) is 1. The number of hydrogen-bond donors (Lipinski definition) is 0. The van der Waals surface area contributed by atoms with Crippen LogP contribution >= 0.6 is 0 Å². The third-order valence-corrected chi connectivity index (χ3v) is 4.54. The summed E-state index contributed by atoms with van der Waals surface area (Å²) in [5.74, 6) is 0.805. The molecule has 3 heterocycles. The largest absolute Gasteiger partial charge is 0.487 e. The lowest BCUT2D eigenvalue weighted by molar-refractivity contribution is -0.122. The molecule has 0 atom stereocenters. The van der Waals surface area contributed by atoms with Crippen molar-refractivity contribution in [2.45, 2.75) is 6.61 Å². The van der Waals surface area contributed by atoms with E-state index in [1.165, 1.54) is 0 Å². The fourth-order valence-corrected chi connectivity index (χ4v) is 3.15. The molecule has 0 fully saturated rings. The lowest BCUT2D eigenvalue weighted by Gasteiger charge is -2.09. The zero-order valence-electron chi connectivity index (χ0n) is 15.0. The van der Waals surface area contributed by atoms with Gasteiger partial charge in [-0.15, -0.1) is 0 Å². The smallest absolute Gasteiger partial charge is 0.254 e. The van der Waals surface area contributed by atoms with Crippen LogP contribution in [-0.2, 0) is 11.4 Å². The van der Waals surface area contributed by atoms with E-state index in [1.54, 1.807) is 23.5 Å². The van der Waals surface area contributed by atoms with E-state index in [9.17, 15) is 4.79 Å². The maximum Gasteiger partial charge on any atom is 0.254 e. The molecule has 134 valence electrons. The van der Waals surface area contributed by atoms with Gasteiger partial charge in [-0.1, -0.05) is 18.2 Å². The van der Waals surface area contributed by atoms with Gasteiger partial charge < -0.3 is 9.64 Å². The lowest BCUT2D eigenvalue weighted by atomic mass is 9.97. The second-order valence-corrected chi connectivity index (χ2v) is 6.38. The number of aromatic nitrogens is 2. The maximum absolute atomic E-state index is 12.6. The Bertz CT molecular complexity index is 967. The maximum atomic E-state index is 12.6. The number of nitrogens with zero attached hydrogens (tertiary/aromatic N) is 3. The number of likely N-dealkylation sites (N-methyl/N-ethyl adjacent to an activating group) is 1. The molecule has 0 saturated carbocycles. The van der Waals surface area contributed by atoms with Gasteiger partial charge in [-0.2, -0.15) is 0 Å². The van der Waals surface area contributed by atoms with Crippen LogP contribution in [-0.4, -0.2) is 34.4 Å². The van der Waals surface area contributed by atoms with E-state index in [0.717, 1.165) is 33.7 Å². The van der Waals surface area contributed by atoms with Crippen LogP contribution in [0, 0.1) is 0 Å². The first kappa shape index (κ1) is 17.0. The summed E-state index contributed by atoms with van der Waals surface area (Å²) >= 11 is 0. The van der Waals surface area contributed by atoms with Crippen molar-refractivity contribution in [3.63, 3.8) is 0 Å². The van der Waals surface area contributed by atoms with Crippen molar-refractivity contribution in [2.24, 2.45) is 0 Å². The minimum atomic E-state index is 0.0340. The third kappa shape index (κ3) is 3.58. The third-order valence-electron chi connectivity index (χ3n) is 4.54. The standard InChI is InChI=1S/C22H19N3O2/c1-25-14-20(21(22(25)26)17-9-12-23-13-10-17)16-5-7-19(8-6-16)27-15-18-4-2-3-11-24-18/h2-13H,14-15H2,1H3. The minimum Gasteiger partial charge on any atom is -0.487 e. The predicted octanol–water partition coefficient (Wildman–Crippen LogP) is 3.44. The lowest BCUT2D eigenvalue weighted by Crippen LogP contribution is -2.21. The molecule has 0 radical (unpaired) electrons. The molecule has 5 heteroatoms. The molecular formula is C22H19N3O2. The molecule has 0 aliphatic carbocycles. The first-order valence-corrected chi connectivity index (χ1v) is 8.74. The molecule has 1 amide bonds. The van der Waals surface area contributed by atoms with E-state index >= 15 is 0 Å². The Morgan fingerprint density at radius 1 is 0.963 bits per heavy atom. The van der Waals surface area contributed by atoms with E-state index in [0.29, 0.717) is 13.2 Å². The van der Waals surface area contributed by atoms with E-state index in [2.05, 4.69) is 9.97 Å². The molecule has 1 aliphatic rings. The van der Waals surface area contributed by atoms with Gasteiger partial charge in [0.15, 0.2) is 0 Å². The number of hydrogen-bond acceptors (Lipinski definition) is 4. The summed E-state index contributed by atoms with van der Waals surface area (Å²) in [6.07, 6.45) is 5.17. The monoisotopic (exact) mass is 357 g/mol. The summed E-state index contributed by atoms with van der Waals surface area (Å²) in [5.41, 5.74) is 4.55. The van der Waals surface area contributed by atoms with Gasteiger partial charge in [0.1, 0.15) is 12.4 Å². The average Bonchev–Trinajstić information content (AvgIpc) is 3.03. The van der Waals surface area contributed by atoms with Crippen molar-refractivity contribution in [3.8, 4) is 5.75 Å². The molecule has 1 aromatic carbocycles. The molecule has 5 nitrogen and oxygen atoms in total. The summed E-state index contributed by atoms with van der Waals surface area (Å²) in [6.45, 7) is 1.01. The summed E-state index contributed by atoms with van der Waals surface area (Å²) < 4.78 is 5.80. The van der Waals surface area contributed by atoms with Gasteiger partial charge in [0.25, 0.3) is 5.91 Å². The quantitative estimate of drug-likeness (QED) is 0.702. The van der Waals surface area contributed by atoms with Crippen molar-refractivity contribution in [2.75, 3.05) is 13.6 Å². The fourth-order valence-electron chi connectivity index (χ4n) is 3.15. The van der Waals surface area contributed by atoms with Gasteiger partial charge in [-0.3, -0.25) is 14.8 Å². The van der Waals surface area contributed by atoms with Gasteiger partial charge >= 0.3 is 0 Å². The first-order valence-electron chi connectivity index (χ1n) is 8.74. The highest BCUT2D eigenvalue weighted by Crippen LogP contribution is 2.34. The van der Waals surface area contributed by atoms with Crippen LogP contribution < -0.4 is 4.74 Å². The number of pyridine rings is 2. The Balaban J connectivity index is 1.58. The number of carbonyl (C=O) groups is 1. The number of rotatable bonds is 5. The molecule has 0 bridgehead atoms. The molecule has 0 saturated heterocycles. The normalized spacial score (nSPS) is 14.0. The Morgan fingerprint density at radius 3 is 2.44 bits per heavy atom. The Morgan fingerprint density at radius 2 is 1.74 bits per heavy atom. The van der Waals surface area contributed by atoms with E-state index in [1.807, 2.05) is 61.6 Å². The number of amides is 1. The molecule has 27 heavy (non-hydrogen) atoms. The minimum absolute atomic E-state index is 0.0340. The highest BCUT2D eigenvalue weighted by molar-refractivity contribution is 6.30. The van der Waals surface area contributed by atoms with Crippen molar-refractivity contribution in [3.05, 3.63) is 90.0 Å². The Labute approximate surface area is 158 Å². The molecule has 0 unspecified atom stereocenters. The summed E-state index contributed by atoms with van der Waals surface area (Å²) in [5, 5.41) is 0. The highest BCUT2D eigenvalue weighted by atomic mass is 16.5. The highest BCUT2D eigenvalue weighted by Gasteiger charge is 2.29. The van der Waals surface area contributed by atoms with E-state index < -0.39 is 0 Å². The van der Waals surface area contributed by atoms with Gasteiger partial charge in [0.05, 0.1) is 11.3 Å². The van der Waals surface area contributed by atoms with Gasteiger partial charge in [-0.05, 0) is 53.1 Å². The number of benzene rings is 1. The molecule has 3 aromatic rings. The van der Waals surface area contributed by atoms with Crippen LogP contribution in [0.3, 0.4) is 0 Å². The summed E-state index contributed by atoms with van der Waals surface area (Å²) in [6, 6.07) is 17.3. The first-order chi connectivity index (χ1) is 13.2. The molecule has 0 N–H and O–H groups in total. The zero-order chi connectivity index (χ0) is 18.6. The van der Waals surface area contributed by atoms with E-state index in [-0.39, 0.29) is 5.91 Å². The Kier molecular flexibility index (Phi) is 4.66. The van der Waals surface area contributed by atoms with Crippen molar-refractivity contribution in [1.82, 2.24) is 14.9 Å². The van der Waals surface area contributed by atoms with Gasteiger partial charge in [0, 0.05) is 32.2 Å². The summed E-state index contributed by atoms with van der Waals surface area (Å²) in [7, 11) is 1.82. The van der Waals surface area contributed by atoms with Crippen LogP contribution in [0.4, 0.5) is 0 Å². The van der Waals surface area contributed by atoms with Crippen LogP contribution in [0.2, 0.25) is 0 Å². The van der Waals surface area contributed by atoms with Crippen LogP contribution in [0.5, 0.6) is 5.75 Å². The van der Waals surface area contributed by atoms with Gasteiger partial charge in [0.2, 0.25) is 0 Å². The van der Waals surface area contributed by atoms with Crippen molar-refractivity contribution in [1.29, 1.82) is 0 Å². The Hall–Kier alpha value is -3.47. The topological polar surface area (TPSA) is 55.3 Å². The van der Waals surface area contributed by atoms with Crippen molar-refractivity contribution < 1.29 is 9.53 Å². The SMILES string of the molecule is CN1CC(c2ccc(OCc3ccccn3)cc2)=C(c2ccncc2)C1=O. The van der Waals surface area contributed by atoms with Crippen LogP contribution in [0.15, 0.2) is 73.2 Å². The molecule has 4 rings (SSSR count). The molecule has 0 spiro atoms. The average molecular weight is 357 g/mol. The van der Waals surface area contributed by atoms with Crippen molar-refractivity contribution >= 4 is 17.1 Å². The summed E-state index contributed by atoms with van der Waals surface area (Å²) in [4.78, 5) is 22.7. The molecule has 2 aromatic heterocycles. The van der Waals surface area contributed by atoms with Crippen LogP contribution in [0.1, 0.15) is 16.8 Å². The van der Waals surface area contributed by atoms with Gasteiger partial charge in [-0.25, -0.2) is 0 Å². The van der Waals surface area contributed by atoms with Crippen LogP contribution in [0.25, 0.3) is 11.1 Å². The van der Waals surface area contributed by atoms with E-state index in [4.69, 9.17) is 4.74 Å². The second-order valence-electron chi connectivity index (χ2n) is 6.38. The molecular weight excluding hydrogens is 338 g/mol.